The minimum Gasteiger partial charge on any atom is -0.394 e. The van der Waals surface area contributed by atoms with Crippen LogP contribution in [0.4, 0.5) is 0 Å². The average Bonchev–Trinajstić information content (AvgIpc) is 2.68. The van der Waals surface area contributed by atoms with E-state index < -0.39 is 0 Å². The van der Waals surface area contributed by atoms with E-state index in [0.717, 1.165) is 17.8 Å². The number of hydrogen-bond acceptors (Lipinski definition) is 5. The molecule has 0 aromatic carbocycles. The van der Waals surface area contributed by atoms with Crippen molar-refractivity contribution in [2.75, 3.05) is 19.7 Å². The lowest BCUT2D eigenvalue weighted by Gasteiger charge is -2.46. The third-order valence-electron chi connectivity index (χ3n) is 5.55. The highest BCUT2D eigenvalue weighted by Crippen LogP contribution is 2.40. The molecule has 1 amide bonds. The van der Waals surface area contributed by atoms with Crippen LogP contribution in [0.25, 0.3) is 0 Å². The molecule has 7 heteroatoms. The maximum atomic E-state index is 12.7. The van der Waals surface area contributed by atoms with Gasteiger partial charge in [0.15, 0.2) is 0 Å². The molecule has 0 unspecified atom stereocenters. The molecule has 26 heavy (non-hydrogen) atoms. The largest absolute Gasteiger partial charge is 0.394 e. The van der Waals surface area contributed by atoms with Gasteiger partial charge in [0, 0.05) is 61.7 Å². The normalized spacial score (nSPS) is 24.2. The summed E-state index contributed by atoms with van der Waals surface area (Å²) in [4.78, 5) is 35.2. The van der Waals surface area contributed by atoms with Crippen LogP contribution in [0, 0.1) is 5.92 Å². The number of aliphatic hydroxyl groups is 1. The van der Waals surface area contributed by atoms with Crippen molar-refractivity contribution in [2.24, 2.45) is 5.92 Å². The zero-order valence-electron chi connectivity index (χ0n) is 14.5. The van der Waals surface area contributed by atoms with Gasteiger partial charge in [-0.15, -0.1) is 0 Å². The number of carbonyl (C=O) groups excluding carboxylic acids is 1. The monoisotopic (exact) mass is 354 g/mol. The number of pyridine rings is 1. The van der Waals surface area contributed by atoms with Crippen LogP contribution in [-0.4, -0.2) is 50.1 Å². The topological polar surface area (TPSA) is 88.3 Å². The zero-order valence-corrected chi connectivity index (χ0v) is 14.5. The quantitative estimate of drug-likeness (QED) is 0.875. The SMILES string of the molecule is O=C(CCc1cnccn1)N1C[C@H]2C[C@@H](C1)[C@H](CO)n1c2cccc1=O. The summed E-state index contributed by atoms with van der Waals surface area (Å²) in [5.41, 5.74) is 1.67. The van der Waals surface area contributed by atoms with Crippen LogP contribution in [-0.2, 0) is 11.2 Å². The van der Waals surface area contributed by atoms with Gasteiger partial charge in [-0.2, -0.15) is 0 Å². The maximum absolute atomic E-state index is 12.7. The lowest BCUT2D eigenvalue weighted by Crippen LogP contribution is -2.51. The third-order valence-corrected chi connectivity index (χ3v) is 5.55. The molecule has 2 aromatic heterocycles. The number of amides is 1. The molecule has 2 aliphatic rings. The van der Waals surface area contributed by atoms with Crippen LogP contribution in [0.1, 0.15) is 36.2 Å². The first-order chi connectivity index (χ1) is 12.7. The van der Waals surface area contributed by atoms with Crippen molar-refractivity contribution in [1.29, 1.82) is 0 Å². The van der Waals surface area contributed by atoms with Crippen molar-refractivity contribution < 1.29 is 9.90 Å². The van der Waals surface area contributed by atoms with Gasteiger partial charge >= 0.3 is 0 Å². The van der Waals surface area contributed by atoms with E-state index in [9.17, 15) is 14.7 Å². The van der Waals surface area contributed by atoms with Gasteiger partial charge in [-0.1, -0.05) is 6.07 Å². The number of rotatable bonds is 4. The molecule has 1 saturated heterocycles. The molecule has 0 radical (unpaired) electrons. The van der Waals surface area contributed by atoms with E-state index in [1.54, 1.807) is 29.2 Å². The molecular formula is C19H22N4O3. The van der Waals surface area contributed by atoms with Crippen molar-refractivity contribution in [3.8, 4) is 0 Å². The van der Waals surface area contributed by atoms with Crippen molar-refractivity contribution in [3.63, 3.8) is 0 Å². The standard InChI is InChI=1S/C19H22N4O3/c24-12-17-14-8-13(16-2-1-3-19(26)23(16)17)10-22(11-14)18(25)5-4-15-9-20-6-7-21-15/h1-3,6-7,9,13-14,17,24H,4-5,8,10-12H2/t13-,14+,17+/m1/s1. The molecule has 2 aliphatic heterocycles. The first-order valence-electron chi connectivity index (χ1n) is 9.02. The Labute approximate surface area is 151 Å². The highest BCUT2D eigenvalue weighted by Gasteiger charge is 2.41. The van der Waals surface area contributed by atoms with Crippen LogP contribution in [0.15, 0.2) is 41.6 Å². The first-order valence-corrected chi connectivity index (χ1v) is 9.02. The summed E-state index contributed by atoms with van der Waals surface area (Å²) >= 11 is 0. The minimum atomic E-state index is -0.259. The second kappa shape index (κ2) is 6.99. The van der Waals surface area contributed by atoms with Crippen molar-refractivity contribution in [1.82, 2.24) is 19.4 Å². The summed E-state index contributed by atoms with van der Waals surface area (Å²) in [5, 5.41) is 9.87. The summed E-state index contributed by atoms with van der Waals surface area (Å²) in [6, 6.07) is 4.98. The van der Waals surface area contributed by atoms with Gasteiger partial charge in [-0.05, 0) is 18.9 Å². The van der Waals surface area contributed by atoms with Gasteiger partial charge in [0.05, 0.1) is 18.3 Å². The molecule has 0 aliphatic carbocycles. The molecule has 0 spiro atoms. The lowest BCUT2D eigenvalue weighted by atomic mass is 9.78. The Hall–Kier alpha value is -2.54. The molecule has 2 aromatic rings. The predicted molar refractivity (Wildman–Crippen MR) is 94.6 cm³/mol. The van der Waals surface area contributed by atoms with E-state index >= 15 is 0 Å². The number of nitrogens with zero attached hydrogens (tertiary/aromatic N) is 4. The average molecular weight is 354 g/mol. The van der Waals surface area contributed by atoms with Crippen LogP contribution < -0.4 is 5.56 Å². The lowest BCUT2D eigenvalue weighted by molar-refractivity contribution is -0.134. The Kier molecular flexibility index (Phi) is 4.55. The summed E-state index contributed by atoms with van der Waals surface area (Å²) in [6.45, 7) is 1.12. The number of aromatic nitrogens is 3. The first kappa shape index (κ1) is 16.9. The van der Waals surface area contributed by atoms with E-state index in [1.807, 2.05) is 11.0 Å². The number of hydrogen-bond donors (Lipinski definition) is 1. The van der Waals surface area contributed by atoms with Gasteiger partial charge < -0.3 is 14.6 Å². The molecule has 4 rings (SSSR count). The molecular weight excluding hydrogens is 332 g/mol. The molecule has 4 heterocycles. The fourth-order valence-electron chi connectivity index (χ4n) is 4.33. The Bertz CT molecular complexity index is 851. The number of piperidine rings is 1. The molecule has 0 saturated carbocycles. The van der Waals surface area contributed by atoms with Gasteiger partial charge in [0.1, 0.15) is 0 Å². The van der Waals surface area contributed by atoms with Crippen LogP contribution >= 0.6 is 0 Å². The van der Waals surface area contributed by atoms with Crippen molar-refractivity contribution in [3.05, 3.63) is 58.5 Å². The summed E-state index contributed by atoms with van der Waals surface area (Å²) in [6.07, 6.45) is 6.80. The molecule has 136 valence electrons. The summed E-state index contributed by atoms with van der Waals surface area (Å²) in [5.74, 6) is 0.339. The van der Waals surface area contributed by atoms with Crippen LogP contribution in [0.5, 0.6) is 0 Å². The van der Waals surface area contributed by atoms with Crippen molar-refractivity contribution in [2.45, 2.75) is 31.2 Å². The molecule has 1 N–H and O–H groups in total. The second-order valence-corrected chi connectivity index (χ2v) is 7.10. The van der Waals surface area contributed by atoms with Gasteiger partial charge in [0.25, 0.3) is 5.56 Å². The molecule has 7 nitrogen and oxygen atoms in total. The highest BCUT2D eigenvalue weighted by molar-refractivity contribution is 5.76. The highest BCUT2D eigenvalue weighted by atomic mass is 16.3. The van der Waals surface area contributed by atoms with Crippen LogP contribution in [0.3, 0.4) is 0 Å². The Morgan fingerprint density at radius 3 is 2.92 bits per heavy atom. The molecule has 3 atom stereocenters. The third kappa shape index (κ3) is 3.03. The smallest absolute Gasteiger partial charge is 0.251 e. The fourth-order valence-corrected chi connectivity index (χ4v) is 4.33. The maximum Gasteiger partial charge on any atom is 0.251 e. The minimum absolute atomic E-state index is 0.0707. The van der Waals surface area contributed by atoms with Crippen LogP contribution in [0.2, 0.25) is 0 Å². The van der Waals surface area contributed by atoms with Gasteiger partial charge in [-0.3, -0.25) is 19.6 Å². The van der Waals surface area contributed by atoms with Gasteiger partial charge in [0.2, 0.25) is 5.91 Å². The van der Waals surface area contributed by atoms with Gasteiger partial charge in [-0.25, -0.2) is 0 Å². The number of aryl methyl sites for hydroxylation is 1. The Balaban J connectivity index is 1.52. The zero-order chi connectivity index (χ0) is 18.1. The van der Waals surface area contributed by atoms with E-state index in [-0.39, 0.29) is 36.0 Å². The summed E-state index contributed by atoms with van der Waals surface area (Å²) < 4.78 is 1.74. The van der Waals surface area contributed by atoms with Crippen molar-refractivity contribution >= 4 is 5.91 Å². The number of carbonyl (C=O) groups is 1. The Morgan fingerprint density at radius 2 is 2.15 bits per heavy atom. The van der Waals surface area contributed by atoms with E-state index in [1.165, 1.54) is 6.07 Å². The van der Waals surface area contributed by atoms with E-state index in [4.69, 9.17) is 0 Å². The molecule has 1 fully saturated rings. The molecule has 2 bridgehead atoms. The van der Waals surface area contributed by atoms with E-state index in [0.29, 0.717) is 25.9 Å². The number of likely N-dealkylation sites (tertiary alicyclic amines) is 1. The van der Waals surface area contributed by atoms with E-state index in [2.05, 4.69) is 9.97 Å². The summed E-state index contributed by atoms with van der Waals surface area (Å²) in [7, 11) is 0. The fraction of sp³-hybridized carbons (Fsp3) is 0.474. The Morgan fingerprint density at radius 1 is 1.27 bits per heavy atom. The number of aliphatic hydroxyl groups excluding tert-OH is 1. The predicted octanol–water partition coefficient (Wildman–Crippen LogP) is 0.750. The number of fused-ring (bicyclic) bond motifs is 4. The second-order valence-electron chi connectivity index (χ2n) is 7.10.